The van der Waals surface area contributed by atoms with Crippen molar-refractivity contribution in [1.29, 1.82) is 0 Å². The Hall–Kier alpha value is -1.06. The molecule has 0 aromatic carbocycles. The SMILES string of the molecule is CC(C)C1(CC(C)(C)C)CCCCC1(CC(C)(C)C)C(CC(=O)O)C(=O)O. The number of carboxylic acids is 2. The third-order valence-electron chi connectivity index (χ3n) is 6.63. The lowest BCUT2D eigenvalue weighted by molar-refractivity contribution is -0.178. The Labute approximate surface area is 166 Å². The zero-order valence-corrected chi connectivity index (χ0v) is 18.8. The molecule has 3 atom stereocenters. The van der Waals surface area contributed by atoms with Gasteiger partial charge in [0.25, 0.3) is 0 Å². The number of aliphatic carboxylic acids is 2. The van der Waals surface area contributed by atoms with Gasteiger partial charge in [-0.3, -0.25) is 9.59 Å². The Balaban J connectivity index is 3.75. The van der Waals surface area contributed by atoms with Crippen LogP contribution in [0.5, 0.6) is 0 Å². The van der Waals surface area contributed by atoms with Gasteiger partial charge in [0.1, 0.15) is 0 Å². The molecule has 0 saturated heterocycles. The van der Waals surface area contributed by atoms with Gasteiger partial charge in [-0.25, -0.2) is 0 Å². The van der Waals surface area contributed by atoms with E-state index in [2.05, 4.69) is 55.4 Å². The minimum absolute atomic E-state index is 0.0526. The van der Waals surface area contributed by atoms with Crippen LogP contribution in [0.2, 0.25) is 0 Å². The Morgan fingerprint density at radius 3 is 1.59 bits per heavy atom. The van der Waals surface area contributed by atoms with Crippen molar-refractivity contribution in [3.8, 4) is 0 Å². The third kappa shape index (κ3) is 5.48. The summed E-state index contributed by atoms with van der Waals surface area (Å²) in [4.78, 5) is 24.1. The molecular weight excluding hydrogens is 340 g/mol. The van der Waals surface area contributed by atoms with Gasteiger partial charge in [-0.15, -0.1) is 0 Å². The minimum Gasteiger partial charge on any atom is -0.481 e. The van der Waals surface area contributed by atoms with Gasteiger partial charge >= 0.3 is 11.9 Å². The van der Waals surface area contributed by atoms with Crippen molar-refractivity contribution in [2.45, 2.75) is 100 Å². The van der Waals surface area contributed by atoms with Gasteiger partial charge in [0.2, 0.25) is 0 Å². The van der Waals surface area contributed by atoms with Gasteiger partial charge in [0.15, 0.2) is 0 Å². The van der Waals surface area contributed by atoms with Gasteiger partial charge in [0, 0.05) is 0 Å². The summed E-state index contributed by atoms with van der Waals surface area (Å²) < 4.78 is 0. The molecule has 0 heterocycles. The second-order valence-corrected chi connectivity index (χ2v) is 11.6. The van der Waals surface area contributed by atoms with Crippen molar-refractivity contribution >= 4 is 11.9 Å². The summed E-state index contributed by atoms with van der Waals surface area (Å²) in [6.45, 7) is 17.6. The first-order chi connectivity index (χ1) is 12.1. The fourth-order valence-electron chi connectivity index (χ4n) is 6.21. The summed E-state index contributed by atoms with van der Waals surface area (Å²) in [6, 6.07) is 0. The van der Waals surface area contributed by atoms with Gasteiger partial charge in [-0.05, 0) is 53.3 Å². The highest BCUT2D eigenvalue weighted by Crippen LogP contribution is 2.66. The average molecular weight is 383 g/mol. The molecule has 0 bridgehead atoms. The third-order valence-corrected chi connectivity index (χ3v) is 6.63. The molecule has 1 aliphatic rings. The van der Waals surface area contributed by atoms with Crippen LogP contribution in [0, 0.1) is 33.5 Å². The van der Waals surface area contributed by atoms with Crippen LogP contribution >= 0.6 is 0 Å². The lowest BCUT2D eigenvalue weighted by atomic mass is 9.42. The molecule has 1 rings (SSSR count). The molecule has 0 radical (unpaired) electrons. The molecule has 4 nitrogen and oxygen atoms in total. The van der Waals surface area contributed by atoms with Crippen LogP contribution < -0.4 is 0 Å². The van der Waals surface area contributed by atoms with Gasteiger partial charge in [-0.1, -0.05) is 68.2 Å². The fraction of sp³-hybridized carbons (Fsp3) is 0.913. The molecule has 0 aromatic rings. The van der Waals surface area contributed by atoms with Crippen molar-refractivity contribution in [1.82, 2.24) is 0 Å². The highest BCUT2D eigenvalue weighted by atomic mass is 16.4. The summed E-state index contributed by atoms with van der Waals surface area (Å²) in [7, 11) is 0. The Morgan fingerprint density at radius 2 is 1.26 bits per heavy atom. The quantitative estimate of drug-likeness (QED) is 0.547. The van der Waals surface area contributed by atoms with Crippen LogP contribution in [0.15, 0.2) is 0 Å². The molecule has 0 spiro atoms. The Bertz CT molecular complexity index is 538. The number of hydrogen-bond acceptors (Lipinski definition) is 2. The van der Waals surface area contributed by atoms with E-state index in [-0.39, 0.29) is 22.7 Å². The second-order valence-electron chi connectivity index (χ2n) is 11.6. The molecule has 158 valence electrons. The molecule has 4 heteroatoms. The second kappa shape index (κ2) is 8.13. The number of carbonyl (C=O) groups is 2. The van der Waals surface area contributed by atoms with Crippen LogP contribution in [-0.4, -0.2) is 22.2 Å². The van der Waals surface area contributed by atoms with E-state index < -0.39 is 23.3 Å². The molecule has 27 heavy (non-hydrogen) atoms. The summed E-state index contributed by atoms with van der Waals surface area (Å²) in [5.74, 6) is -2.49. The van der Waals surface area contributed by atoms with Crippen LogP contribution in [0.1, 0.15) is 100 Å². The van der Waals surface area contributed by atoms with Gasteiger partial charge in [-0.2, -0.15) is 0 Å². The largest absolute Gasteiger partial charge is 0.481 e. The molecule has 0 amide bonds. The average Bonchev–Trinajstić information content (AvgIpc) is 2.43. The molecule has 3 unspecified atom stereocenters. The Kier molecular flexibility index (Phi) is 7.22. The van der Waals surface area contributed by atoms with Crippen molar-refractivity contribution < 1.29 is 19.8 Å². The summed E-state index contributed by atoms with van der Waals surface area (Å²) in [6.07, 6.45) is 5.27. The van der Waals surface area contributed by atoms with Crippen LogP contribution in [-0.2, 0) is 9.59 Å². The first kappa shape index (κ1) is 24.0. The van der Waals surface area contributed by atoms with Gasteiger partial charge in [0.05, 0.1) is 12.3 Å². The maximum atomic E-state index is 12.4. The lowest BCUT2D eigenvalue weighted by Gasteiger charge is -2.62. The summed E-state index contributed by atoms with van der Waals surface area (Å²) in [5.41, 5.74) is -0.691. The topological polar surface area (TPSA) is 74.6 Å². The molecule has 0 aromatic heterocycles. The van der Waals surface area contributed by atoms with Crippen LogP contribution in [0.3, 0.4) is 0 Å². The first-order valence-corrected chi connectivity index (χ1v) is 10.5. The van der Waals surface area contributed by atoms with Gasteiger partial charge < -0.3 is 10.2 Å². The number of rotatable bonds is 7. The number of hydrogen-bond donors (Lipinski definition) is 2. The fourth-order valence-corrected chi connectivity index (χ4v) is 6.21. The molecule has 1 saturated carbocycles. The number of carboxylic acid groups (broad SMARTS) is 2. The highest BCUT2D eigenvalue weighted by Gasteiger charge is 2.61. The molecule has 2 N–H and O–H groups in total. The van der Waals surface area contributed by atoms with E-state index in [1.165, 1.54) is 0 Å². The predicted molar refractivity (Wildman–Crippen MR) is 110 cm³/mol. The van der Waals surface area contributed by atoms with Crippen LogP contribution in [0.4, 0.5) is 0 Å². The molecule has 1 fully saturated rings. The standard InChI is InChI=1S/C23H42O4/c1-16(2)22(14-20(3,4)5)11-9-10-12-23(22,15-21(6,7)8)17(19(26)27)13-18(24)25/h16-17H,9-15H2,1-8H3,(H,24,25)(H,26,27). The minimum atomic E-state index is -1.00. The van der Waals surface area contributed by atoms with E-state index in [4.69, 9.17) is 0 Å². The normalized spacial score (nSPS) is 28.2. The smallest absolute Gasteiger partial charge is 0.307 e. The zero-order valence-electron chi connectivity index (χ0n) is 18.8. The van der Waals surface area contributed by atoms with Crippen molar-refractivity contribution in [3.63, 3.8) is 0 Å². The maximum Gasteiger partial charge on any atom is 0.307 e. The zero-order chi connectivity index (χ0) is 21.3. The molecule has 1 aliphatic carbocycles. The van der Waals surface area contributed by atoms with Crippen molar-refractivity contribution in [2.75, 3.05) is 0 Å². The van der Waals surface area contributed by atoms with E-state index in [9.17, 15) is 19.8 Å². The van der Waals surface area contributed by atoms with Crippen LogP contribution in [0.25, 0.3) is 0 Å². The summed E-state index contributed by atoms with van der Waals surface area (Å²) >= 11 is 0. The Morgan fingerprint density at radius 1 is 0.852 bits per heavy atom. The van der Waals surface area contributed by atoms with E-state index in [0.717, 1.165) is 38.5 Å². The van der Waals surface area contributed by atoms with E-state index >= 15 is 0 Å². The summed E-state index contributed by atoms with van der Waals surface area (Å²) in [5, 5.41) is 19.7. The van der Waals surface area contributed by atoms with E-state index in [1.54, 1.807) is 0 Å². The molecule has 0 aliphatic heterocycles. The maximum absolute atomic E-state index is 12.4. The van der Waals surface area contributed by atoms with E-state index in [1.807, 2.05) is 0 Å². The van der Waals surface area contributed by atoms with Crippen molar-refractivity contribution in [3.05, 3.63) is 0 Å². The monoisotopic (exact) mass is 382 g/mol. The van der Waals surface area contributed by atoms with E-state index in [0.29, 0.717) is 5.92 Å². The predicted octanol–water partition coefficient (Wildman–Crippen LogP) is 6.24. The highest BCUT2D eigenvalue weighted by molar-refractivity contribution is 5.78. The first-order valence-electron chi connectivity index (χ1n) is 10.5. The lowest BCUT2D eigenvalue weighted by Crippen LogP contribution is -2.57. The van der Waals surface area contributed by atoms with Crippen molar-refractivity contribution in [2.24, 2.45) is 33.5 Å². The molecular formula is C23H42O4.